The topological polar surface area (TPSA) is 88.4 Å². The minimum Gasteiger partial charge on any atom is -0.481 e. The van der Waals surface area contributed by atoms with Gasteiger partial charge in [0.25, 0.3) is 0 Å². The van der Waals surface area contributed by atoms with Gasteiger partial charge in [0.1, 0.15) is 0 Å². The van der Waals surface area contributed by atoms with Crippen molar-refractivity contribution in [3.63, 3.8) is 0 Å². The quantitative estimate of drug-likeness (QED) is 0.843. The fourth-order valence-corrected chi connectivity index (χ4v) is 3.65. The number of hydrogen-bond donors (Lipinski definition) is 2. The van der Waals surface area contributed by atoms with Crippen LogP contribution in [-0.4, -0.2) is 30.6 Å². The first-order valence-corrected chi connectivity index (χ1v) is 7.69. The van der Waals surface area contributed by atoms with Gasteiger partial charge < -0.3 is 9.67 Å². The van der Waals surface area contributed by atoms with Crippen LogP contribution in [0.5, 0.6) is 0 Å². The highest BCUT2D eigenvalue weighted by atomic mass is 32.2. The standard InChI is InChI=1S/C12H18N2O4S/c1-14-7-4-10(8-14)19(17,18)13-9-12(11(15)16)5-2-3-6-12/h4,7-8,13H,2-3,5-6,9H2,1H3,(H,15,16). The van der Waals surface area contributed by atoms with Crippen LogP contribution in [0.1, 0.15) is 25.7 Å². The highest BCUT2D eigenvalue weighted by Crippen LogP contribution is 2.38. The Morgan fingerprint density at radius 1 is 1.47 bits per heavy atom. The summed E-state index contributed by atoms with van der Waals surface area (Å²) in [6.45, 7) is -0.0421. The molecule has 106 valence electrons. The van der Waals surface area contributed by atoms with Crippen LogP contribution < -0.4 is 4.72 Å². The lowest BCUT2D eigenvalue weighted by molar-refractivity contribution is -0.148. The third kappa shape index (κ3) is 2.82. The van der Waals surface area contributed by atoms with Gasteiger partial charge in [0.05, 0.1) is 10.3 Å². The van der Waals surface area contributed by atoms with Crippen LogP contribution in [0.25, 0.3) is 0 Å². The lowest BCUT2D eigenvalue weighted by Crippen LogP contribution is -2.41. The molecule has 0 amide bonds. The van der Waals surface area contributed by atoms with Crippen molar-refractivity contribution in [2.24, 2.45) is 12.5 Å². The molecule has 0 bridgehead atoms. The van der Waals surface area contributed by atoms with E-state index < -0.39 is 21.4 Å². The zero-order valence-corrected chi connectivity index (χ0v) is 11.6. The Labute approximate surface area is 112 Å². The van der Waals surface area contributed by atoms with Crippen molar-refractivity contribution >= 4 is 16.0 Å². The maximum Gasteiger partial charge on any atom is 0.310 e. The van der Waals surface area contributed by atoms with E-state index in [-0.39, 0.29) is 11.4 Å². The number of rotatable bonds is 5. The van der Waals surface area contributed by atoms with E-state index in [1.807, 2.05) is 0 Å². The van der Waals surface area contributed by atoms with Crippen molar-refractivity contribution in [2.45, 2.75) is 30.6 Å². The van der Waals surface area contributed by atoms with Crippen LogP contribution in [0, 0.1) is 5.41 Å². The highest BCUT2D eigenvalue weighted by Gasteiger charge is 2.42. The van der Waals surface area contributed by atoms with Crippen LogP contribution >= 0.6 is 0 Å². The molecule has 1 heterocycles. The van der Waals surface area contributed by atoms with Crippen LogP contribution in [0.3, 0.4) is 0 Å². The smallest absolute Gasteiger partial charge is 0.310 e. The van der Waals surface area contributed by atoms with E-state index in [4.69, 9.17) is 0 Å². The lowest BCUT2D eigenvalue weighted by Gasteiger charge is -2.23. The van der Waals surface area contributed by atoms with Gasteiger partial charge in [0.15, 0.2) is 0 Å². The zero-order valence-electron chi connectivity index (χ0n) is 10.8. The molecule has 0 saturated heterocycles. The summed E-state index contributed by atoms with van der Waals surface area (Å²) < 4.78 is 28.2. The van der Waals surface area contributed by atoms with E-state index >= 15 is 0 Å². The van der Waals surface area contributed by atoms with Crippen molar-refractivity contribution in [2.75, 3.05) is 6.54 Å². The number of carboxylic acids is 1. The number of sulfonamides is 1. The normalized spacial score (nSPS) is 18.6. The van der Waals surface area contributed by atoms with Gasteiger partial charge in [-0.1, -0.05) is 12.8 Å². The summed E-state index contributed by atoms with van der Waals surface area (Å²) in [5.41, 5.74) is -0.943. The van der Waals surface area contributed by atoms with Crippen molar-refractivity contribution in [3.8, 4) is 0 Å². The first-order chi connectivity index (χ1) is 8.86. The second kappa shape index (κ2) is 4.97. The van der Waals surface area contributed by atoms with Crippen LogP contribution in [-0.2, 0) is 21.9 Å². The summed E-state index contributed by atoms with van der Waals surface area (Å²) in [6, 6.07) is 1.49. The Morgan fingerprint density at radius 3 is 2.58 bits per heavy atom. The van der Waals surface area contributed by atoms with Gasteiger partial charge in [-0.15, -0.1) is 0 Å². The van der Waals surface area contributed by atoms with Crippen LogP contribution in [0.2, 0.25) is 0 Å². The molecule has 1 aliphatic rings. The molecule has 2 N–H and O–H groups in total. The molecule has 1 aliphatic carbocycles. The number of aryl methyl sites for hydroxylation is 1. The SMILES string of the molecule is Cn1ccc(S(=O)(=O)NCC2(C(=O)O)CCCC2)c1. The molecule has 1 aromatic rings. The maximum absolute atomic E-state index is 12.0. The average Bonchev–Trinajstić information content (AvgIpc) is 2.96. The average molecular weight is 286 g/mol. The second-order valence-corrected chi connectivity index (χ2v) is 6.90. The molecule has 1 fully saturated rings. The fraction of sp³-hybridized carbons (Fsp3) is 0.583. The minimum absolute atomic E-state index is 0.0421. The van der Waals surface area contributed by atoms with E-state index in [2.05, 4.69) is 4.72 Å². The molecule has 0 aliphatic heterocycles. The van der Waals surface area contributed by atoms with Gasteiger partial charge in [-0.2, -0.15) is 0 Å². The predicted molar refractivity (Wildman–Crippen MR) is 69.1 cm³/mol. The number of carbonyl (C=O) groups is 1. The number of nitrogens with one attached hydrogen (secondary N) is 1. The monoisotopic (exact) mass is 286 g/mol. The molecule has 0 spiro atoms. The van der Waals surface area contributed by atoms with Gasteiger partial charge in [-0.3, -0.25) is 4.79 Å². The first-order valence-electron chi connectivity index (χ1n) is 6.21. The number of aromatic nitrogens is 1. The Kier molecular flexibility index (Phi) is 3.69. The summed E-state index contributed by atoms with van der Waals surface area (Å²) in [4.78, 5) is 11.5. The molecule has 1 saturated carbocycles. The van der Waals surface area contributed by atoms with Crippen LogP contribution in [0.4, 0.5) is 0 Å². The molecule has 7 heteroatoms. The highest BCUT2D eigenvalue weighted by molar-refractivity contribution is 7.89. The maximum atomic E-state index is 12.0. The van der Waals surface area contributed by atoms with Crippen LogP contribution in [0.15, 0.2) is 23.4 Å². The zero-order chi connectivity index (χ0) is 14.1. The van der Waals surface area contributed by atoms with Crippen molar-refractivity contribution < 1.29 is 18.3 Å². The molecule has 2 rings (SSSR count). The van der Waals surface area contributed by atoms with Gasteiger partial charge in [0.2, 0.25) is 10.0 Å². The van der Waals surface area contributed by atoms with Crippen molar-refractivity contribution in [3.05, 3.63) is 18.5 Å². The molecule has 0 unspecified atom stereocenters. The lowest BCUT2D eigenvalue weighted by atomic mass is 9.87. The molecular weight excluding hydrogens is 268 g/mol. The van der Waals surface area contributed by atoms with E-state index in [1.165, 1.54) is 12.3 Å². The molecule has 19 heavy (non-hydrogen) atoms. The molecular formula is C12H18N2O4S. The van der Waals surface area contributed by atoms with Crippen molar-refractivity contribution in [1.29, 1.82) is 0 Å². The minimum atomic E-state index is -3.63. The summed E-state index contributed by atoms with van der Waals surface area (Å²) in [6.07, 6.45) is 5.85. The van der Waals surface area contributed by atoms with E-state index in [1.54, 1.807) is 17.8 Å². The second-order valence-electron chi connectivity index (χ2n) is 5.13. The van der Waals surface area contributed by atoms with Gasteiger partial charge >= 0.3 is 5.97 Å². The largest absolute Gasteiger partial charge is 0.481 e. The van der Waals surface area contributed by atoms with Gasteiger partial charge in [-0.05, 0) is 18.9 Å². The van der Waals surface area contributed by atoms with Crippen molar-refractivity contribution in [1.82, 2.24) is 9.29 Å². The van der Waals surface area contributed by atoms with Gasteiger partial charge in [0, 0.05) is 26.0 Å². The molecule has 1 aromatic heterocycles. The third-order valence-corrected chi connectivity index (χ3v) is 5.12. The number of aliphatic carboxylic acids is 1. The van der Waals surface area contributed by atoms with E-state index in [0.717, 1.165) is 12.8 Å². The van der Waals surface area contributed by atoms with E-state index in [9.17, 15) is 18.3 Å². The fourth-order valence-electron chi connectivity index (χ4n) is 2.47. The Bertz CT molecular complexity index is 570. The summed E-state index contributed by atoms with van der Waals surface area (Å²) in [5, 5.41) is 9.30. The molecule has 0 aromatic carbocycles. The summed E-state index contributed by atoms with van der Waals surface area (Å²) in [5.74, 6) is -0.916. The first kappa shape index (κ1) is 14.1. The Balaban J connectivity index is 2.11. The summed E-state index contributed by atoms with van der Waals surface area (Å²) >= 11 is 0. The summed E-state index contributed by atoms with van der Waals surface area (Å²) in [7, 11) is -1.90. The molecule has 0 radical (unpaired) electrons. The Morgan fingerprint density at radius 2 is 2.11 bits per heavy atom. The number of hydrogen-bond acceptors (Lipinski definition) is 3. The molecule has 0 atom stereocenters. The van der Waals surface area contributed by atoms with E-state index in [0.29, 0.717) is 12.8 Å². The van der Waals surface area contributed by atoms with Gasteiger partial charge in [-0.25, -0.2) is 13.1 Å². The number of nitrogens with zero attached hydrogens (tertiary/aromatic N) is 1. The molecule has 6 nitrogen and oxygen atoms in total. The Hall–Kier alpha value is -1.34. The predicted octanol–water partition coefficient (Wildman–Crippen LogP) is 0.948. The number of carboxylic acid groups (broad SMARTS) is 1. The third-order valence-electron chi connectivity index (χ3n) is 3.73.